The highest BCUT2D eigenvalue weighted by molar-refractivity contribution is 5.64. The van der Waals surface area contributed by atoms with E-state index in [9.17, 15) is 5.26 Å². The zero-order valence-corrected chi connectivity index (χ0v) is 12.2. The number of hydrogen-bond acceptors (Lipinski definition) is 3. The van der Waals surface area contributed by atoms with Gasteiger partial charge in [-0.25, -0.2) is 4.85 Å². The summed E-state index contributed by atoms with van der Waals surface area (Å²) in [5, 5.41) is 19.7. The maximum Gasteiger partial charge on any atom is 0.196 e. The van der Waals surface area contributed by atoms with Gasteiger partial charge in [0.1, 0.15) is 5.82 Å². The van der Waals surface area contributed by atoms with Crippen LogP contribution in [0.25, 0.3) is 4.85 Å². The Kier molecular flexibility index (Phi) is 3.64. The van der Waals surface area contributed by atoms with Crippen LogP contribution in [0, 0.1) is 17.9 Å². The number of hydrogen-bond donors (Lipinski definition) is 2. The molecule has 3 rings (SSSR count). The van der Waals surface area contributed by atoms with Crippen molar-refractivity contribution in [2.45, 2.75) is 25.7 Å². The van der Waals surface area contributed by atoms with Crippen molar-refractivity contribution in [3.8, 4) is 6.07 Å². The first-order valence-electron chi connectivity index (χ1n) is 7.20. The van der Waals surface area contributed by atoms with E-state index in [4.69, 9.17) is 6.57 Å². The molecular formula is C17H15N5. The van der Waals surface area contributed by atoms with Gasteiger partial charge in [0, 0.05) is 11.3 Å². The molecule has 1 atom stereocenters. The van der Waals surface area contributed by atoms with E-state index in [0.717, 1.165) is 35.5 Å². The number of nitrogens with zero attached hydrogens (tertiary/aromatic N) is 3. The Morgan fingerprint density at radius 1 is 1.36 bits per heavy atom. The van der Waals surface area contributed by atoms with Crippen molar-refractivity contribution in [3.63, 3.8) is 0 Å². The van der Waals surface area contributed by atoms with Crippen molar-refractivity contribution in [1.82, 2.24) is 10.2 Å². The molecule has 108 valence electrons. The van der Waals surface area contributed by atoms with Crippen molar-refractivity contribution >= 4 is 5.82 Å². The molecule has 1 aromatic carbocycles. The molecule has 0 saturated carbocycles. The molecule has 0 fully saturated rings. The van der Waals surface area contributed by atoms with Crippen LogP contribution in [0.15, 0.2) is 41.9 Å². The van der Waals surface area contributed by atoms with Crippen LogP contribution in [0.4, 0.5) is 5.82 Å². The fraction of sp³-hybridized carbons (Fsp3) is 0.235. The normalized spacial score (nSPS) is 16.4. The standard InChI is InChI=1S/C17H15N5/c1-3-6-14-16(19-2)15(13-10-20-22-17(13)21-14)12-8-5-4-7-11(12)9-18/h4-5,7-8,10,15H,3,6H2,1H3,(H2,20,21,22). The van der Waals surface area contributed by atoms with Crippen LogP contribution in [0.2, 0.25) is 0 Å². The molecule has 1 aliphatic heterocycles. The second-order valence-corrected chi connectivity index (χ2v) is 5.18. The first kappa shape index (κ1) is 13.9. The number of benzene rings is 1. The third kappa shape index (κ3) is 2.13. The van der Waals surface area contributed by atoms with E-state index in [0.29, 0.717) is 11.3 Å². The molecule has 22 heavy (non-hydrogen) atoms. The van der Waals surface area contributed by atoms with Gasteiger partial charge in [0.25, 0.3) is 0 Å². The smallest absolute Gasteiger partial charge is 0.196 e. The molecule has 0 radical (unpaired) electrons. The Labute approximate surface area is 129 Å². The number of nitriles is 1. The highest BCUT2D eigenvalue weighted by Gasteiger charge is 2.32. The van der Waals surface area contributed by atoms with Crippen molar-refractivity contribution in [2.75, 3.05) is 5.32 Å². The summed E-state index contributed by atoms with van der Waals surface area (Å²) in [6, 6.07) is 9.68. The topological polar surface area (TPSA) is 68.9 Å². The van der Waals surface area contributed by atoms with E-state index in [1.54, 1.807) is 12.3 Å². The highest BCUT2D eigenvalue weighted by atomic mass is 15.2. The van der Waals surface area contributed by atoms with E-state index in [1.807, 2.05) is 18.2 Å². The van der Waals surface area contributed by atoms with Crippen LogP contribution in [0.1, 0.15) is 42.4 Å². The minimum absolute atomic E-state index is 0.245. The minimum Gasteiger partial charge on any atom is -0.354 e. The predicted octanol–water partition coefficient (Wildman–Crippen LogP) is 3.77. The van der Waals surface area contributed by atoms with Crippen LogP contribution >= 0.6 is 0 Å². The largest absolute Gasteiger partial charge is 0.354 e. The molecule has 5 nitrogen and oxygen atoms in total. The average molecular weight is 289 g/mol. The lowest BCUT2D eigenvalue weighted by Gasteiger charge is -2.26. The van der Waals surface area contributed by atoms with Crippen molar-refractivity contribution < 1.29 is 0 Å². The van der Waals surface area contributed by atoms with E-state index >= 15 is 0 Å². The van der Waals surface area contributed by atoms with E-state index < -0.39 is 0 Å². The maximum absolute atomic E-state index is 9.39. The Hall–Kier alpha value is -3.05. The van der Waals surface area contributed by atoms with Gasteiger partial charge in [-0.1, -0.05) is 31.5 Å². The molecule has 0 saturated heterocycles. The summed E-state index contributed by atoms with van der Waals surface area (Å²) < 4.78 is 0. The lowest BCUT2D eigenvalue weighted by Crippen LogP contribution is -2.17. The molecule has 1 aromatic heterocycles. The molecule has 2 aromatic rings. The van der Waals surface area contributed by atoms with Gasteiger partial charge >= 0.3 is 0 Å². The molecule has 1 unspecified atom stereocenters. The number of aromatic nitrogens is 2. The number of H-pyrrole nitrogens is 1. The summed E-state index contributed by atoms with van der Waals surface area (Å²) in [6.45, 7) is 9.70. The number of nitrogens with one attached hydrogen (secondary N) is 2. The highest BCUT2D eigenvalue weighted by Crippen LogP contribution is 2.43. The Morgan fingerprint density at radius 3 is 2.91 bits per heavy atom. The average Bonchev–Trinajstić information content (AvgIpc) is 3.01. The van der Waals surface area contributed by atoms with Gasteiger partial charge < -0.3 is 5.32 Å². The van der Waals surface area contributed by atoms with Crippen molar-refractivity contribution in [1.29, 1.82) is 5.26 Å². The predicted molar refractivity (Wildman–Crippen MR) is 83.7 cm³/mol. The van der Waals surface area contributed by atoms with Crippen LogP contribution in [-0.4, -0.2) is 10.2 Å². The molecular weight excluding hydrogens is 274 g/mol. The quantitative estimate of drug-likeness (QED) is 0.845. The van der Waals surface area contributed by atoms with Gasteiger partial charge in [0.2, 0.25) is 0 Å². The first-order valence-corrected chi connectivity index (χ1v) is 7.20. The molecule has 1 aliphatic rings. The molecule has 2 heterocycles. The van der Waals surface area contributed by atoms with Crippen LogP contribution in [-0.2, 0) is 0 Å². The fourth-order valence-corrected chi connectivity index (χ4v) is 2.89. The van der Waals surface area contributed by atoms with Gasteiger partial charge in [0.15, 0.2) is 5.70 Å². The summed E-state index contributed by atoms with van der Waals surface area (Å²) in [4.78, 5) is 3.78. The van der Waals surface area contributed by atoms with E-state index in [-0.39, 0.29) is 5.92 Å². The summed E-state index contributed by atoms with van der Waals surface area (Å²) in [6.07, 6.45) is 3.47. The fourth-order valence-electron chi connectivity index (χ4n) is 2.89. The summed E-state index contributed by atoms with van der Waals surface area (Å²) in [5.41, 5.74) is 3.92. The minimum atomic E-state index is -0.245. The van der Waals surface area contributed by atoms with Crippen molar-refractivity contribution in [2.24, 2.45) is 0 Å². The lowest BCUT2D eigenvalue weighted by molar-refractivity contribution is 0.844. The van der Waals surface area contributed by atoms with Crippen LogP contribution in [0.5, 0.6) is 0 Å². The summed E-state index contributed by atoms with van der Waals surface area (Å²) in [7, 11) is 0. The number of anilines is 1. The third-order valence-electron chi connectivity index (χ3n) is 3.85. The number of fused-ring (bicyclic) bond motifs is 1. The zero-order valence-electron chi connectivity index (χ0n) is 12.2. The second-order valence-electron chi connectivity index (χ2n) is 5.18. The van der Waals surface area contributed by atoms with Gasteiger partial charge in [-0.15, -0.1) is 0 Å². The Bertz CT molecular complexity index is 816. The summed E-state index contributed by atoms with van der Waals surface area (Å²) >= 11 is 0. The lowest BCUT2D eigenvalue weighted by atomic mass is 9.84. The van der Waals surface area contributed by atoms with E-state index in [2.05, 4.69) is 33.4 Å². The van der Waals surface area contributed by atoms with E-state index in [1.165, 1.54) is 0 Å². The summed E-state index contributed by atoms with van der Waals surface area (Å²) in [5.74, 6) is 0.568. The molecule has 0 amide bonds. The Balaban J connectivity index is 2.23. The molecule has 5 heteroatoms. The second kappa shape index (κ2) is 5.75. The monoisotopic (exact) mass is 289 g/mol. The third-order valence-corrected chi connectivity index (χ3v) is 3.85. The van der Waals surface area contributed by atoms with Crippen LogP contribution in [0.3, 0.4) is 0 Å². The van der Waals surface area contributed by atoms with Gasteiger partial charge in [-0.2, -0.15) is 10.4 Å². The molecule has 2 N–H and O–H groups in total. The molecule has 0 bridgehead atoms. The molecule has 0 spiro atoms. The maximum atomic E-state index is 9.39. The zero-order chi connectivity index (χ0) is 15.5. The van der Waals surface area contributed by atoms with Gasteiger partial charge in [-0.3, -0.25) is 5.10 Å². The van der Waals surface area contributed by atoms with Gasteiger partial charge in [-0.05, 0) is 18.1 Å². The number of allylic oxidation sites excluding steroid dienone is 2. The molecule has 0 aliphatic carbocycles. The van der Waals surface area contributed by atoms with Gasteiger partial charge in [0.05, 0.1) is 30.3 Å². The first-order chi connectivity index (χ1) is 10.8. The SMILES string of the molecule is [C-]#[N+]C1=C(CCC)Nc2[nH]ncc2C1c1ccccc1C#N. The Morgan fingerprint density at radius 2 is 2.18 bits per heavy atom. The van der Waals surface area contributed by atoms with Crippen molar-refractivity contribution in [3.05, 3.63) is 70.0 Å². The number of aromatic amines is 1. The number of rotatable bonds is 3. The van der Waals surface area contributed by atoms with Crippen LogP contribution < -0.4 is 5.32 Å².